The van der Waals surface area contributed by atoms with E-state index in [1.807, 2.05) is 0 Å². The predicted octanol–water partition coefficient (Wildman–Crippen LogP) is 4.68. The summed E-state index contributed by atoms with van der Waals surface area (Å²) < 4.78 is 5.69. The highest BCUT2D eigenvalue weighted by atomic mass is 16.6. The van der Waals surface area contributed by atoms with Crippen molar-refractivity contribution in [2.45, 2.75) is 12.5 Å². The third-order valence-corrected chi connectivity index (χ3v) is 5.56. The van der Waals surface area contributed by atoms with Crippen LogP contribution >= 0.6 is 0 Å². The van der Waals surface area contributed by atoms with E-state index in [1.165, 1.54) is 12.1 Å². The highest BCUT2D eigenvalue weighted by Crippen LogP contribution is 2.44. The SMILES string of the molecule is CC(OC(N)=O)(c1ccc(O)c2ccccc12)c1c(C=O)cc(C=O)c2ccccc12. The largest absolute Gasteiger partial charge is 0.507 e. The van der Waals surface area contributed by atoms with Gasteiger partial charge in [-0.3, -0.25) is 9.59 Å². The minimum Gasteiger partial charge on any atom is -0.507 e. The van der Waals surface area contributed by atoms with E-state index >= 15 is 0 Å². The fourth-order valence-corrected chi connectivity index (χ4v) is 4.29. The lowest BCUT2D eigenvalue weighted by Crippen LogP contribution is -2.34. The fraction of sp³-hybridized carbons (Fsp3) is 0.0800. The van der Waals surface area contributed by atoms with Gasteiger partial charge in [0.2, 0.25) is 0 Å². The molecule has 0 aliphatic rings. The molecule has 0 fully saturated rings. The van der Waals surface area contributed by atoms with Crippen molar-refractivity contribution in [1.29, 1.82) is 0 Å². The minimum atomic E-state index is -1.49. The first-order valence-corrected chi connectivity index (χ1v) is 9.57. The minimum absolute atomic E-state index is 0.0672. The van der Waals surface area contributed by atoms with Gasteiger partial charge in [-0.2, -0.15) is 0 Å². The number of aldehydes is 2. The molecule has 4 aromatic carbocycles. The van der Waals surface area contributed by atoms with Crippen LogP contribution in [-0.4, -0.2) is 23.8 Å². The van der Waals surface area contributed by atoms with E-state index in [-0.39, 0.29) is 11.3 Å². The first-order chi connectivity index (χ1) is 14.9. The Balaban J connectivity index is 2.19. The molecule has 154 valence electrons. The van der Waals surface area contributed by atoms with Gasteiger partial charge in [-0.05, 0) is 35.2 Å². The van der Waals surface area contributed by atoms with Gasteiger partial charge >= 0.3 is 6.09 Å². The molecule has 0 radical (unpaired) electrons. The zero-order valence-corrected chi connectivity index (χ0v) is 16.7. The third-order valence-electron chi connectivity index (χ3n) is 5.56. The number of aromatic hydroxyl groups is 1. The van der Waals surface area contributed by atoms with Crippen molar-refractivity contribution < 1.29 is 24.2 Å². The molecule has 4 aromatic rings. The van der Waals surface area contributed by atoms with Gasteiger partial charge in [0.1, 0.15) is 5.75 Å². The van der Waals surface area contributed by atoms with Gasteiger partial charge < -0.3 is 15.6 Å². The van der Waals surface area contributed by atoms with E-state index < -0.39 is 11.7 Å². The Labute approximate surface area is 177 Å². The topological polar surface area (TPSA) is 107 Å². The van der Waals surface area contributed by atoms with Gasteiger partial charge in [0.05, 0.1) is 0 Å². The Bertz CT molecular complexity index is 1360. The molecule has 6 heteroatoms. The average Bonchev–Trinajstić information content (AvgIpc) is 2.77. The Morgan fingerprint density at radius 2 is 1.45 bits per heavy atom. The number of ether oxygens (including phenoxy) is 1. The van der Waals surface area contributed by atoms with Crippen LogP contribution in [0.2, 0.25) is 0 Å². The first kappa shape index (κ1) is 20.1. The van der Waals surface area contributed by atoms with E-state index in [0.29, 0.717) is 50.8 Å². The number of fused-ring (bicyclic) bond motifs is 2. The van der Waals surface area contributed by atoms with Gasteiger partial charge in [0, 0.05) is 27.6 Å². The highest BCUT2D eigenvalue weighted by molar-refractivity contribution is 6.05. The molecule has 3 N–H and O–H groups in total. The molecule has 0 aliphatic carbocycles. The molecule has 0 bridgehead atoms. The molecular formula is C25H19NO5. The standard InChI is InChI=1S/C25H19NO5/c1-25(31-24(26)30,21-10-11-22(29)19-8-4-3-7-18(19)21)23-16(14-28)12-15(13-27)17-6-2-5-9-20(17)23/h2-14,29H,1H3,(H2,26,30). The van der Waals surface area contributed by atoms with E-state index in [2.05, 4.69) is 0 Å². The Morgan fingerprint density at radius 1 is 0.871 bits per heavy atom. The number of benzene rings is 4. The smallest absolute Gasteiger partial charge is 0.405 e. The maximum absolute atomic E-state index is 12.1. The number of rotatable bonds is 5. The highest BCUT2D eigenvalue weighted by Gasteiger charge is 2.38. The number of amides is 1. The van der Waals surface area contributed by atoms with Crippen LogP contribution < -0.4 is 5.73 Å². The van der Waals surface area contributed by atoms with E-state index in [9.17, 15) is 19.5 Å². The molecule has 1 unspecified atom stereocenters. The number of hydrogen-bond donors (Lipinski definition) is 2. The Morgan fingerprint density at radius 3 is 2.06 bits per heavy atom. The number of carbonyl (C=O) groups is 3. The molecular weight excluding hydrogens is 394 g/mol. The lowest BCUT2D eigenvalue weighted by molar-refractivity contribution is 0.0607. The number of hydrogen-bond acceptors (Lipinski definition) is 5. The second-order valence-corrected chi connectivity index (χ2v) is 7.34. The summed E-state index contributed by atoms with van der Waals surface area (Å²) in [5.74, 6) is 0.0672. The van der Waals surface area contributed by atoms with Crippen molar-refractivity contribution in [3.63, 3.8) is 0 Å². The number of phenolic OH excluding ortho intramolecular Hbond substituents is 1. The summed E-state index contributed by atoms with van der Waals surface area (Å²) in [5.41, 5.74) is 5.45. The quantitative estimate of drug-likeness (QED) is 0.462. The summed E-state index contributed by atoms with van der Waals surface area (Å²) in [6.07, 6.45) is 0.279. The van der Waals surface area contributed by atoms with Crippen LogP contribution in [0, 0.1) is 0 Å². The van der Waals surface area contributed by atoms with Gasteiger partial charge in [-0.1, -0.05) is 54.6 Å². The van der Waals surface area contributed by atoms with Crippen molar-refractivity contribution in [2.24, 2.45) is 5.73 Å². The second-order valence-electron chi connectivity index (χ2n) is 7.34. The zero-order valence-electron chi connectivity index (χ0n) is 16.7. The third kappa shape index (κ3) is 3.18. The maximum atomic E-state index is 12.1. The number of carbonyl (C=O) groups excluding carboxylic acids is 3. The molecule has 0 saturated heterocycles. The monoisotopic (exact) mass is 413 g/mol. The average molecular weight is 413 g/mol. The van der Waals surface area contributed by atoms with Crippen molar-refractivity contribution in [1.82, 2.24) is 0 Å². The molecule has 0 heterocycles. The summed E-state index contributed by atoms with van der Waals surface area (Å²) in [4.78, 5) is 35.8. The van der Waals surface area contributed by atoms with Gasteiger partial charge in [-0.25, -0.2) is 4.79 Å². The van der Waals surface area contributed by atoms with Crippen LogP contribution in [0.1, 0.15) is 38.8 Å². The maximum Gasteiger partial charge on any atom is 0.405 e. The summed E-state index contributed by atoms with van der Waals surface area (Å²) in [6.45, 7) is 1.64. The molecule has 0 aromatic heterocycles. The predicted molar refractivity (Wildman–Crippen MR) is 117 cm³/mol. The number of primary amides is 1. The molecule has 6 nitrogen and oxygen atoms in total. The van der Waals surface area contributed by atoms with Crippen LogP contribution in [0.5, 0.6) is 5.75 Å². The van der Waals surface area contributed by atoms with Crippen molar-refractivity contribution >= 4 is 40.2 Å². The van der Waals surface area contributed by atoms with Crippen LogP contribution in [0.4, 0.5) is 4.79 Å². The lowest BCUT2D eigenvalue weighted by Gasteiger charge is -2.33. The number of phenols is 1. The summed E-state index contributed by atoms with van der Waals surface area (Å²) in [5, 5.41) is 12.7. The fourth-order valence-electron chi connectivity index (χ4n) is 4.29. The molecule has 31 heavy (non-hydrogen) atoms. The molecule has 0 saturated carbocycles. The van der Waals surface area contributed by atoms with Crippen LogP contribution in [0.3, 0.4) is 0 Å². The van der Waals surface area contributed by atoms with Gasteiger partial charge in [0.25, 0.3) is 0 Å². The van der Waals surface area contributed by atoms with E-state index in [1.54, 1.807) is 61.5 Å². The van der Waals surface area contributed by atoms with Crippen molar-refractivity contribution in [3.05, 3.63) is 89.0 Å². The van der Waals surface area contributed by atoms with Crippen LogP contribution in [-0.2, 0) is 10.3 Å². The zero-order chi connectivity index (χ0) is 22.2. The molecule has 4 rings (SSSR count). The van der Waals surface area contributed by atoms with Gasteiger partial charge in [-0.15, -0.1) is 0 Å². The van der Waals surface area contributed by atoms with Crippen LogP contribution in [0.25, 0.3) is 21.5 Å². The van der Waals surface area contributed by atoms with Gasteiger partial charge in [0.15, 0.2) is 18.2 Å². The Kier molecular flexibility index (Phi) is 4.91. The van der Waals surface area contributed by atoms with Crippen molar-refractivity contribution in [3.8, 4) is 5.75 Å². The summed E-state index contributed by atoms with van der Waals surface area (Å²) in [6, 6.07) is 18.8. The summed E-state index contributed by atoms with van der Waals surface area (Å²) >= 11 is 0. The first-order valence-electron chi connectivity index (χ1n) is 9.57. The molecule has 1 atom stereocenters. The van der Waals surface area contributed by atoms with E-state index in [0.717, 1.165) is 0 Å². The second kappa shape index (κ2) is 7.57. The molecule has 0 aliphatic heterocycles. The molecule has 1 amide bonds. The van der Waals surface area contributed by atoms with E-state index in [4.69, 9.17) is 10.5 Å². The summed E-state index contributed by atoms with van der Waals surface area (Å²) in [7, 11) is 0. The Hall–Kier alpha value is -4.19. The van der Waals surface area contributed by atoms with Crippen LogP contribution in [0.15, 0.2) is 66.7 Å². The van der Waals surface area contributed by atoms with Crippen molar-refractivity contribution in [2.75, 3.05) is 0 Å². The normalized spacial score (nSPS) is 12.9. The number of nitrogens with two attached hydrogens (primary N) is 1. The molecule has 0 spiro atoms. The lowest BCUT2D eigenvalue weighted by atomic mass is 9.79.